The van der Waals surface area contributed by atoms with Gasteiger partial charge in [-0.3, -0.25) is 4.79 Å². The van der Waals surface area contributed by atoms with Crippen molar-refractivity contribution in [3.8, 4) is 0 Å². The minimum atomic E-state index is -0.331. The molecule has 0 bridgehead atoms. The Balaban J connectivity index is 2.46. The van der Waals surface area contributed by atoms with Gasteiger partial charge in [-0.1, -0.05) is 32.0 Å². The number of rotatable bonds is 6. The quantitative estimate of drug-likeness (QED) is 0.809. The van der Waals surface area contributed by atoms with Gasteiger partial charge in [0.25, 0.3) is 0 Å². The number of carbonyl (C=O) groups excluding carboxylic acids is 1. The molecule has 0 aliphatic heterocycles. The van der Waals surface area contributed by atoms with E-state index < -0.39 is 0 Å². The molecule has 1 amide bonds. The molecule has 0 aliphatic rings. The van der Waals surface area contributed by atoms with Gasteiger partial charge < -0.3 is 10.6 Å². The molecule has 0 aromatic heterocycles. The van der Waals surface area contributed by atoms with E-state index in [9.17, 15) is 9.18 Å². The second kappa shape index (κ2) is 6.50. The van der Waals surface area contributed by atoms with Crippen LogP contribution in [0.4, 0.5) is 4.39 Å². The molecule has 100 valence electrons. The Bertz CT molecular complexity index is 405. The normalized spacial score (nSPS) is 11.3. The summed E-state index contributed by atoms with van der Waals surface area (Å²) in [6.07, 6.45) is 0.0856. The van der Waals surface area contributed by atoms with Crippen LogP contribution >= 0.6 is 0 Å². The zero-order valence-corrected chi connectivity index (χ0v) is 11.2. The zero-order valence-electron chi connectivity index (χ0n) is 11.2. The fraction of sp³-hybridized carbons (Fsp3) is 0.500. The van der Waals surface area contributed by atoms with Crippen LogP contribution in [0.3, 0.4) is 0 Å². The van der Waals surface area contributed by atoms with Gasteiger partial charge in [0.15, 0.2) is 0 Å². The van der Waals surface area contributed by atoms with Crippen molar-refractivity contribution in [2.24, 2.45) is 5.41 Å². The van der Waals surface area contributed by atoms with Crippen LogP contribution in [0.1, 0.15) is 19.4 Å². The van der Waals surface area contributed by atoms with Crippen LogP contribution in [0.25, 0.3) is 0 Å². The van der Waals surface area contributed by atoms with Crippen LogP contribution in [-0.4, -0.2) is 26.0 Å². The number of hydrogen-bond acceptors (Lipinski definition) is 2. The highest BCUT2D eigenvalue weighted by molar-refractivity contribution is 5.78. The van der Waals surface area contributed by atoms with Gasteiger partial charge in [0.05, 0.1) is 6.42 Å². The van der Waals surface area contributed by atoms with Crippen molar-refractivity contribution < 1.29 is 9.18 Å². The fourth-order valence-corrected chi connectivity index (χ4v) is 1.76. The maximum atomic E-state index is 13.4. The number of carbonyl (C=O) groups is 1. The first-order valence-electron chi connectivity index (χ1n) is 6.09. The molecule has 0 saturated heterocycles. The fourth-order valence-electron chi connectivity index (χ4n) is 1.76. The Morgan fingerprint density at radius 2 is 1.94 bits per heavy atom. The maximum absolute atomic E-state index is 13.4. The Hall–Kier alpha value is -1.42. The third-order valence-electron chi connectivity index (χ3n) is 2.73. The van der Waals surface area contributed by atoms with Crippen molar-refractivity contribution >= 4 is 5.91 Å². The molecule has 0 unspecified atom stereocenters. The van der Waals surface area contributed by atoms with Crippen molar-refractivity contribution in [3.63, 3.8) is 0 Å². The van der Waals surface area contributed by atoms with Gasteiger partial charge >= 0.3 is 0 Å². The van der Waals surface area contributed by atoms with Gasteiger partial charge in [-0.05, 0) is 24.1 Å². The minimum Gasteiger partial charge on any atom is -0.355 e. The smallest absolute Gasteiger partial charge is 0.224 e. The molecule has 0 atom stereocenters. The number of amides is 1. The first-order chi connectivity index (χ1) is 8.44. The third kappa shape index (κ3) is 4.84. The van der Waals surface area contributed by atoms with Crippen LogP contribution in [0.2, 0.25) is 0 Å². The lowest BCUT2D eigenvalue weighted by molar-refractivity contribution is -0.120. The predicted octanol–water partition coefficient (Wildman–Crippen LogP) is 1.73. The summed E-state index contributed by atoms with van der Waals surface area (Å²) in [5, 5.41) is 5.92. The van der Waals surface area contributed by atoms with Crippen LogP contribution < -0.4 is 10.6 Å². The average molecular weight is 252 g/mol. The van der Waals surface area contributed by atoms with E-state index in [0.29, 0.717) is 12.1 Å². The van der Waals surface area contributed by atoms with Crippen LogP contribution in [0.5, 0.6) is 0 Å². The van der Waals surface area contributed by atoms with E-state index in [1.807, 2.05) is 7.05 Å². The highest BCUT2D eigenvalue weighted by atomic mass is 19.1. The summed E-state index contributed by atoms with van der Waals surface area (Å²) in [6, 6.07) is 6.35. The predicted molar refractivity (Wildman–Crippen MR) is 70.8 cm³/mol. The van der Waals surface area contributed by atoms with Crippen molar-refractivity contribution in [1.29, 1.82) is 0 Å². The number of halogens is 1. The van der Waals surface area contributed by atoms with Crippen molar-refractivity contribution in [2.45, 2.75) is 20.3 Å². The van der Waals surface area contributed by atoms with Crippen molar-refractivity contribution in [3.05, 3.63) is 35.6 Å². The van der Waals surface area contributed by atoms with Gasteiger partial charge in [0.2, 0.25) is 5.91 Å². The van der Waals surface area contributed by atoms with Crippen LogP contribution in [0, 0.1) is 11.2 Å². The highest BCUT2D eigenvalue weighted by Crippen LogP contribution is 2.12. The van der Waals surface area contributed by atoms with Gasteiger partial charge in [0.1, 0.15) is 5.82 Å². The number of benzene rings is 1. The molecule has 0 heterocycles. The lowest BCUT2D eigenvalue weighted by atomic mass is 9.93. The largest absolute Gasteiger partial charge is 0.355 e. The minimum absolute atomic E-state index is 0.0142. The standard InChI is InChI=1S/C14H21FN2O/c1-14(2,9-16-3)10-17-13(18)8-11-6-4-5-7-12(11)15/h4-7,16H,8-10H2,1-3H3,(H,17,18). The van der Waals surface area contributed by atoms with Gasteiger partial charge in [-0.15, -0.1) is 0 Å². The lowest BCUT2D eigenvalue weighted by Gasteiger charge is -2.24. The second-order valence-electron chi connectivity index (χ2n) is 5.24. The van der Waals surface area contributed by atoms with Crippen molar-refractivity contribution in [2.75, 3.05) is 20.1 Å². The summed E-state index contributed by atoms with van der Waals surface area (Å²) in [5.41, 5.74) is 0.418. The van der Waals surface area contributed by atoms with E-state index in [0.717, 1.165) is 6.54 Å². The molecule has 1 aromatic rings. The molecule has 2 N–H and O–H groups in total. The Morgan fingerprint density at radius 1 is 1.28 bits per heavy atom. The van der Waals surface area contributed by atoms with Crippen molar-refractivity contribution in [1.82, 2.24) is 10.6 Å². The summed E-state index contributed by atoms with van der Waals surface area (Å²) in [6.45, 7) is 5.51. The van der Waals surface area contributed by atoms with E-state index in [2.05, 4.69) is 24.5 Å². The topological polar surface area (TPSA) is 41.1 Å². The molecule has 3 nitrogen and oxygen atoms in total. The summed E-state index contributed by atoms with van der Waals surface area (Å²) < 4.78 is 13.4. The molecule has 1 aromatic carbocycles. The van der Waals surface area contributed by atoms with Crippen LogP contribution in [-0.2, 0) is 11.2 Å². The first kappa shape index (κ1) is 14.6. The summed E-state index contributed by atoms with van der Waals surface area (Å²) in [5.74, 6) is -0.480. The van der Waals surface area contributed by atoms with E-state index in [4.69, 9.17) is 0 Å². The van der Waals surface area contributed by atoms with Gasteiger partial charge in [0, 0.05) is 13.1 Å². The molecular weight excluding hydrogens is 231 g/mol. The number of nitrogens with one attached hydrogen (secondary N) is 2. The summed E-state index contributed by atoms with van der Waals surface area (Å²) in [7, 11) is 1.88. The summed E-state index contributed by atoms with van der Waals surface area (Å²) >= 11 is 0. The van der Waals surface area contributed by atoms with E-state index in [1.54, 1.807) is 18.2 Å². The Labute approximate surface area is 108 Å². The monoisotopic (exact) mass is 252 g/mol. The third-order valence-corrected chi connectivity index (χ3v) is 2.73. The average Bonchev–Trinajstić information content (AvgIpc) is 2.30. The van der Waals surface area contributed by atoms with Gasteiger partial charge in [-0.2, -0.15) is 0 Å². The molecule has 0 spiro atoms. The number of hydrogen-bond donors (Lipinski definition) is 2. The molecule has 1 rings (SSSR count). The van der Waals surface area contributed by atoms with E-state index in [1.165, 1.54) is 6.07 Å². The molecule has 0 radical (unpaired) electrons. The molecule has 4 heteroatoms. The van der Waals surface area contributed by atoms with Gasteiger partial charge in [-0.25, -0.2) is 4.39 Å². The second-order valence-corrected chi connectivity index (χ2v) is 5.24. The Morgan fingerprint density at radius 3 is 2.56 bits per heavy atom. The summed E-state index contributed by atoms with van der Waals surface area (Å²) in [4.78, 5) is 11.7. The molecule has 0 saturated carbocycles. The van der Waals surface area contributed by atoms with E-state index in [-0.39, 0.29) is 23.6 Å². The lowest BCUT2D eigenvalue weighted by Crippen LogP contribution is -2.40. The molecule has 0 aliphatic carbocycles. The first-order valence-corrected chi connectivity index (χ1v) is 6.09. The zero-order chi connectivity index (χ0) is 13.6. The molecule has 18 heavy (non-hydrogen) atoms. The SMILES string of the molecule is CNCC(C)(C)CNC(=O)Cc1ccccc1F. The van der Waals surface area contributed by atoms with E-state index >= 15 is 0 Å². The maximum Gasteiger partial charge on any atom is 0.224 e. The molecule has 0 fully saturated rings. The Kier molecular flexibility index (Phi) is 5.28. The molecular formula is C14H21FN2O. The highest BCUT2D eigenvalue weighted by Gasteiger charge is 2.18. The van der Waals surface area contributed by atoms with Crippen LogP contribution in [0.15, 0.2) is 24.3 Å².